The number of aliphatic hydroxyl groups is 1. The normalized spacial score (nSPS) is 17.0. The summed E-state index contributed by atoms with van der Waals surface area (Å²) < 4.78 is 0. The molecule has 0 bridgehead atoms. The number of rotatable bonds is 3. The summed E-state index contributed by atoms with van der Waals surface area (Å²) in [6, 6.07) is 13.4. The zero-order chi connectivity index (χ0) is 17.2. The van der Waals surface area contributed by atoms with E-state index >= 15 is 0 Å². The number of benzene rings is 1. The van der Waals surface area contributed by atoms with Crippen molar-refractivity contribution in [2.24, 2.45) is 0 Å². The van der Waals surface area contributed by atoms with E-state index in [4.69, 9.17) is 15.7 Å². The fraction of sp³-hybridized carbons (Fsp3) is 0.211. The summed E-state index contributed by atoms with van der Waals surface area (Å²) in [5.41, 5.74) is 9.17. The zero-order valence-corrected chi connectivity index (χ0v) is 13.7. The number of hydrogen-bond acceptors (Lipinski definition) is 6. The molecule has 4 rings (SSSR count). The molecule has 0 amide bonds. The van der Waals surface area contributed by atoms with Crippen LogP contribution in [0, 0.1) is 0 Å². The third-order valence-corrected chi connectivity index (χ3v) is 4.33. The molecule has 1 saturated heterocycles. The Balaban J connectivity index is 1.81. The zero-order valence-electron chi connectivity index (χ0n) is 13.7. The van der Waals surface area contributed by atoms with Gasteiger partial charge >= 0.3 is 0 Å². The van der Waals surface area contributed by atoms with Gasteiger partial charge < -0.3 is 15.7 Å². The Kier molecular flexibility index (Phi) is 4.03. The maximum absolute atomic E-state index is 9.86. The third-order valence-electron chi connectivity index (χ3n) is 4.33. The molecular formula is C19H19N5O. The Hall–Kier alpha value is -2.99. The van der Waals surface area contributed by atoms with Crippen molar-refractivity contribution in [2.45, 2.75) is 12.5 Å². The van der Waals surface area contributed by atoms with E-state index in [0.717, 1.165) is 35.6 Å². The number of aromatic nitrogens is 3. The van der Waals surface area contributed by atoms with Crippen LogP contribution in [0.15, 0.2) is 54.9 Å². The van der Waals surface area contributed by atoms with E-state index in [0.29, 0.717) is 18.1 Å². The maximum atomic E-state index is 9.86. The molecule has 1 atom stereocenters. The standard InChI is InChI=1S/C19H19N5O/c20-15-5-3-13(4-6-15)17-10-18(24-9-7-16(25)12-24)23-19(22-17)14-2-1-8-21-11-14/h1-6,8,10-11,16,25H,7,9,12,20H2/t16-/m0/s1. The molecule has 6 nitrogen and oxygen atoms in total. The summed E-state index contributed by atoms with van der Waals surface area (Å²) in [6.45, 7) is 1.37. The molecule has 126 valence electrons. The van der Waals surface area contributed by atoms with Crippen molar-refractivity contribution in [1.29, 1.82) is 0 Å². The van der Waals surface area contributed by atoms with Crippen molar-refractivity contribution in [1.82, 2.24) is 15.0 Å². The van der Waals surface area contributed by atoms with Gasteiger partial charge in [-0.1, -0.05) is 12.1 Å². The van der Waals surface area contributed by atoms with E-state index < -0.39 is 0 Å². The van der Waals surface area contributed by atoms with Gasteiger partial charge in [-0.2, -0.15) is 0 Å². The Bertz CT molecular complexity index is 867. The fourth-order valence-electron chi connectivity index (χ4n) is 2.97. The highest BCUT2D eigenvalue weighted by molar-refractivity contribution is 5.69. The first-order valence-electron chi connectivity index (χ1n) is 8.27. The molecule has 6 heteroatoms. The summed E-state index contributed by atoms with van der Waals surface area (Å²) >= 11 is 0. The summed E-state index contributed by atoms with van der Waals surface area (Å²) in [7, 11) is 0. The second-order valence-electron chi connectivity index (χ2n) is 6.19. The second-order valence-corrected chi connectivity index (χ2v) is 6.19. The topological polar surface area (TPSA) is 88.2 Å². The monoisotopic (exact) mass is 333 g/mol. The number of nitrogens with zero attached hydrogens (tertiary/aromatic N) is 4. The van der Waals surface area contributed by atoms with Crippen molar-refractivity contribution < 1.29 is 5.11 Å². The number of aliphatic hydroxyl groups excluding tert-OH is 1. The number of hydrogen-bond donors (Lipinski definition) is 2. The van der Waals surface area contributed by atoms with Gasteiger partial charge in [-0.15, -0.1) is 0 Å². The van der Waals surface area contributed by atoms with E-state index in [9.17, 15) is 5.11 Å². The van der Waals surface area contributed by atoms with E-state index in [-0.39, 0.29) is 6.10 Å². The molecular weight excluding hydrogens is 314 g/mol. The van der Waals surface area contributed by atoms with Crippen molar-refractivity contribution in [2.75, 3.05) is 23.7 Å². The highest BCUT2D eigenvalue weighted by Crippen LogP contribution is 2.28. The van der Waals surface area contributed by atoms with Crippen molar-refractivity contribution in [3.8, 4) is 22.6 Å². The second kappa shape index (κ2) is 6.49. The van der Waals surface area contributed by atoms with E-state index in [2.05, 4.69) is 9.88 Å². The minimum Gasteiger partial charge on any atom is -0.399 e. The van der Waals surface area contributed by atoms with Crippen molar-refractivity contribution >= 4 is 11.5 Å². The minimum atomic E-state index is -0.309. The Morgan fingerprint density at radius 3 is 2.60 bits per heavy atom. The summed E-state index contributed by atoms with van der Waals surface area (Å²) in [5.74, 6) is 1.44. The van der Waals surface area contributed by atoms with E-state index in [1.165, 1.54) is 0 Å². The van der Waals surface area contributed by atoms with Crippen LogP contribution >= 0.6 is 0 Å². The molecule has 0 unspecified atom stereocenters. The van der Waals surface area contributed by atoms with Crippen molar-refractivity contribution in [3.63, 3.8) is 0 Å². The van der Waals surface area contributed by atoms with Gasteiger partial charge in [0.1, 0.15) is 5.82 Å². The van der Waals surface area contributed by atoms with Crippen LogP contribution in [-0.4, -0.2) is 39.3 Å². The quantitative estimate of drug-likeness (QED) is 0.715. The highest BCUT2D eigenvalue weighted by atomic mass is 16.3. The molecule has 3 N–H and O–H groups in total. The lowest BCUT2D eigenvalue weighted by Gasteiger charge is -2.18. The smallest absolute Gasteiger partial charge is 0.163 e. The van der Waals surface area contributed by atoms with Gasteiger partial charge in [0.25, 0.3) is 0 Å². The van der Waals surface area contributed by atoms with Gasteiger partial charge in [-0.05, 0) is 30.7 Å². The lowest BCUT2D eigenvalue weighted by Crippen LogP contribution is -2.22. The van der Waals surface area contributed by atoms with Crippen LogP contribution in [0.2, 0.25) is 0 Å². The van der Waals surface area contributed by atoms with E-state index in [1.807, 2.05) is 42.5 Å². The van der Waals surface area contributed by atoms with Crippen molar-refractivity contribution in [3.05, 3.63) is 54.9 Å². The molecule has 3 aromatic rings. The van der Waals surface area contributed by atoms with Crippen LogP contribution in [0.4, 0.5) is 11.5 Å². The van der Waals surface area contributed by atoms with Gasteiger partial charge in [0.2, 0.25) is 0 Å². The van der Waals surface area contributed by atoms with Gasteiger partial charge in [0.05, 0.1) is 11.8 Å². The van der Waals surface area contributed by atoms with E-state index in [1.54, 1.807) is 12.4 Å². The summed E-state index contributed by atoms with van der Waals surface area (Å²) in [4.78, 5) is 15.7. The number of pyridine rings is 1. The van der Waals surface area contributed by atoms with Gasteiger partial charge in [-0.25, -0.2) is 9.97 Å². The Labute approximate surface area is 146 Å². The van der Waals surface area contributed by atoms with Gasteiger partial charge in [0.15, 0.2) is 5.82 Å². The van der Waals surface area contributed by atoms with Crippen LogP contribution in [0.3, 0.4) is 0 Å². The van der Waals surface area contributed by atoms with Gasteiger partial charge in [0, 0.05) is 48.4 Å². The summed E-state index contributed by atoms with van der Waals surface area (Å²) in [6.07, 6.45) is 3.93. The molecule has 0 aliphatic carbocycles. The third kappa shape index (κ3) is 3.29. The average molecular weight is 333 g/mol. The molecule has 25 heavy (non-hydrogen) atoms. The first-order valence-corrected chi connectivity index (χ1v) is 8.27. The fourth-order valence-corrected chi connectivity index (χ4v) is 2.97. The number of anilines is 2. The first-order chi connectivity index (χ1) is 12.2. The number of nitrogen functional groups attached to an aromatic ring is 1. The van der Waals surface area contributed by atoms with Gasteiger partial charge in [-0.3, -0.25) is 4.98 Å². The molecule has 0 saturated carbocycles. The average Bonchev–Trinajstić information content (AvgIpc) is 3.09. The van der Waals surface area contributed by atoms with Crippen LogP contribution < -0.4 is 10.6 Å². The minimum absolute atomic E-state index is 0.309. The lowest BCUT2D eigenvalue weighted by molar-refractivity contribution is 0.198. The molecule has 3 heterocycles. The SMILES string of the molecule is Nc1ccc(-c2cc(N3CC[C@H](O)C3)nc(-c3cccnc3)n2)cc1. The molecule has 1 aromatic carbocycles. The molecule has 0 radical (unpaired) electrons. The predicted molar refractivity (Wildman–Crippen MR) is 97.9 cm³/mol. The molecule has 1 aliphatic rings. The Morgan fingerprint density at radius 1 is 1.08 bits per heavy atom. The predicted octanol–water partition coefficient (Wildman–Crippen LogP) is 2.36. The summed E-state index contributed by atoms with van der Waals surface area (Å²) in [5, 5.41) is 9.86. The maximum Gasteiger partial charge on any atom is 0.163 e. The number of nitrogens with two attached hydrogens (primary N) is 1. The van der Waals surface area contributed by atoms with Crippen LogP contribution in [-0.2, 0) is 0 Å². The molecule has 2 aromatic heterocycles. The van der Waals surface area contributed by atoms with Crippen LogP contribution in [0.25, 0.3) is 22.6 Å². The lowest BCUT2D eigenvalue weighted by atomic mass is 10.1. The first kappa shape index (κ1) is 15.5. The molecule has 1 fully saturated rings. The number of β-amino-alcohol motifs (C(OH)–C–C–N with tert-alkyl or cyclic N) is 1. The van der Waals surface area contributed by atoms with Crippen LogP contribution in [0.1, 0.15) is 6.42 Å². The highest BCUT2D eigenvalue weighted by Gasteiger charge is 2.22. The Morgan fingerprint density at radius 2 is 1.92 bits per heavy atom. The largest absolute Gasteiger partial charge is 0.399 e. The molecule has 1 aliphatic heterocycles. The van der Waals surface area contributed by atoms with Crippen LogP contribution in [0.5, 0.6) is 0 Å². The molecule has 0 spiro atoms.